The predicted molar refractivity (Wildman–Crippen MR) is 201 cm³/mol. The van der Waals surface area contributed by atoms with Crippen LogP contribution in [0.2, 0.25) is 0 Å². The summed E-state index contributed by atoms with van der Waals surface area (Å²) in [5, 5.41) is 25.4. The molecule has 5 aliphatic rings. The summed E-state index contributed by atoms with van der Waals surface area (Å²) in [6.07, 6.45) is 7.24. The van der Waals surface area contributed by atoms with Crippen molar-refractivity contribution in [3.8, 4) is 11.1 Å². The Hall–Kier alpha value is -4.15. The van der Waals surface area contributed by atoms with E-state index in [0.29, 0.717) is 18.7 Å². The highest BCUT2D eigenvalue weighted by molar-refractivity contribution is 7.99. The molecule has 4 N–H and O–H groups in total. The molecule has 2 amide bonds. The molecule has 4 aromatic rings. The number of aliphatic hydroxyl groups is 1. The lowest BCUT2D eigenvalue weighted by Gasteiger charge is -2.56. The molecule has 270 valence electrons. The lowest BCUT2D eigenvalue weighted by Crippen LogP contribution is -2.61. The third-order valence-electron chi connectivity index (χ3n) is 11.5. The van der Waals surface area contributed by atoms with Gasteiger partial charge in [-0.3, -0.25) is 0 Å². The Kier molecular flexibility index (Phi) is 10.1. The van der Waals surface area contributed by atoms with Gasteiger partial charge in [0.05, 0.1) is 24.4 Å². The third-order valence-corrected chi connectivity index (χ3v) is 12.6. The summed E-state index contributed by atoms with van der Waals surface area (Å²) in [6.45, 7) is 0.456. The number of carboxylic acids is 1. The van der Waals surface area contributed by atoms with E-state index in [9.17, 15) is 19.8 Å². The van der Waals surface area contributed by atoms with Gasteiger partial charge in [0.2, 0.25) is 0 Å². The lowest BCUT2D eigenvalue weighted by atomic mass is 9.53. The summed E-state index contributed by atoms with van der Waals surface area (Å²) in [7, 11) is 0. The highest BCUT2D eigenvalue weighted by Gasteiger charge is 2.51. The summed E-state index contributed by atoms with van der Waals surface area (Å²) >= 11 is 1.63. The summed E-state index contributed by atoms with van der Waals surface area (Å²) in [5.41, 5.74) is 6.23. The van der Waals surface area contributed by atoms with Crippen LogP contribution in [0.15, 0.2) is 102 Å². The van der Waals surface area contributed by atoms with Gasteiger partial charge in [-0.25, -0.2) is 9.59 Å². The standard InChI is InChI=1S/C43H46N2O6S/c46-25-27-4-6-33(7-5-27)39-20-37(26-52-38-14-12-34(13-15-38)40(47)48)50-41(51-39)35-10-8-32(9-11-35)36-3-1-2-28(19-36)24-44-42(49)45-43-21-29-16-30(22-43)18-31(17-29)23-43/h1-15,19,29-31,37,39,41,46H,16-18,20-26H2,(H,47,48)(H2,44,45,49). The molecule has 4 aromatic carbocycles. The first-order valence-electron chi connectivity index (χ1n) is 18.5. The van der Waals surface area contributed by atoms with Crippen molar-refractivity contribution in [1.82, 2.24) is 10.6 Å². The smallest absolute Gasteiger partial charge is 0.335 e. The highest BCUT2D eigenvalue weighted by Crippen LogP contribution is 2.55. The minimum absolute atomic E-state index is 0.00657. The van der Waals surface area contributed by atoms with E-state index in [2.05, 4.69) is 53.1 Å². The predicted octanol–water partition coefficient (Wildman–Crippen LogP) is 8.65. The molecule has 8 nitrogen and oxygen atoms in total. The molecule has 4 bridgehead atoms. The van der Waals surface area contributed by atoms with Crippen LogP contribution in [-0.4, -0.2) is 39.6 Å². The van der Waals surface area contributed by atoms with Gasteiger partial charge >= 0.3 is 12.0 Å². The molecule has 4 aliphatic carbocycles. The van der Waals surface area contributed by atoms with Crippen LogP contribution in [0.4, 0.5) is 4.79 Å². The summed E-state index contributed by atoms with van der Waals surface area (Å²) in [5.74, 6) is 2.10. The summed E-state index contributed by atoms with van der Waals surface area (Å²) in [6, 6.07) is 31.3. The molecule has 1 aliphatic heterocycles. The number of urea groups is 1. The van der Waals surface area contributed by atoms with E-state index in [0.717, 1.165) is 75.3 Å². The van der Waals surface area contributed by atoms with Crippen molar-refractivity contribution >= 4 is 23.8 Å². The molecule has 0 spiro atoms. The zero-order valence-corrected chi connectivity index (χ0v) is 30.0. The molecule has 3 unspecified atom stereocenters. The van der Waals surface area contributed by atoms with E-state index in [4.69, 9.17) is 9.47 Å². The largest absolute Gasteiger partial charge is 0.478 e. The van der Waals surface area contributed by atoms with Gasteiger partial charge in [-0.05, 0) is 114 Å². The van der Waals surface area contributed by atoms with Crippen LogP contribution >= 0.6 is 11.8 Å². The molecule has 9 heteroatoms. The number of rotatable bonds is 11. The number of carbonyl (C=O) groups excluding carboxylic acids is 1. The van der Waals surface area contributed by atoms with Gasteiger partial charge in [-0.2, -0.15) is 0 Å². The number of hydrogen-bond donors (Lipinski definition) is 4. The molecule has 1 heterocycles. The monoisotopic (exact) mass is 718 g/mol. The topological polar surface area (TPSA) is 117 Å². The Morgan fingerprint density at radius 1 is 0.750 bits per heavy atom. The molecule has 52 heavy (non-hydrogen) atoms. The molecule has 0 aromatic heterocycles. The van der Waals surface area contributed by atoms with Crippen LogP contribution in [0.5, 0.6) is 0 Å². The van der Waals surface area contributed by atoms with E-state index in [1.165, 1.54) is 19.3 Å². The van der Waals surface area contributed by atoms with Gasteiger partial charge in [0.1, 0.15) is 0 Å². The number of aromatic carboxylic acids is 1. The lowest BCUT2D eigenvalue weighted by molar-refractivity contribution is -0.245. The van der Waals surface area contributed by atoms with E-state index >= 15 is 0 Å². The molecular formula is C43H46N2O6S. The molecule has 3 atom stereocenters. The van der Waals surface area contributed by atoms with Crippen LogP contribution in [0.1, 0.15) is 90.0 Å². The average molecular weight is 719 g/mol. The second-order valence-electron chi connectivity index (χ2n) is 15.3. The van der Waals surface area contributed by atoms with Gasteiger partial charge in [0.25, 0.3) is 0 Å². The maximum atomic E-state index is 13.1. The van der Waals surface area contributed by atoms with E-state index in [1.807, 2.05) is 42.5 Å². The second-order valence-corrected chi connectivity index (χ2v) is 16.4. The van der Waals surface area contributed by atoms with Crippen LogP contribution < -0.4 is 10.6 Å². The van der Waals surface area contributed by atoms with Gasteiger partial charge in [0.15, 0.2) is 6.29 Å². The molecule has 4 saturated carbocycles. The number of carbonyl (C=O) groups is 2. The first kappa shape index (κ1) is 34.9. The number of amides is 2. The zero-order chi connectivity index (χ0) is 35.7. The Morgan fingerprint density at radius 3 is 2.08 bits per heavy atom. The fourth-order valence-electron chi connectivity index (χ4n) is 9.33. The van der Waals surface area contributed by atoms with Crippen molar-refractivity contribution < 1.29 is 29.3 Å². The molecule has 5 fully saturated rings. The van der Waals surface area contributed by atoms with Crippen molar-refractivity contribution in [1.29, 1.82) is 0 Å². The van der Waals surface area contributed by atoms with E-state index < -0.39 is 12.3 Å². The number of thioether (sulfide) groups is 1. The minimum atomic E-state index is -0.940. The second kappa shape index (κ2) is 15.1. The maximum absolute atomic E-state index is 13.1. The average Bonchev–Trinajstić information content (AvgIpc) is 3.16. The highest BCUT2D eigenvalue weighted by atomic mass is 32.2. The SMILES string of the molecule is O=C(NCc1cccc(-c2ccc(C3OC(CSc4ccc(C(=O)O)cc4)CC(c4ccc(CO)cc4)O3)cc2)c1)NC12CC3CC(CC(C3)C1)C2. The Labute approximate surface area is 309 Å². The number of hydrogen-bond acceptors (Lipinski definition) is 6. The third kappa shape index (κ3) is 7.93. The number of carboxylic acid groups (broad SMARTS) is 1. The van der Waals surface area contributed by atoms with Crippen LogP contribution in [0.25, 0.3) is 11.1 Å². The van der Waals surface area contributed by atoms with Gasteiger partial charge in [-0.1, -0.05) is 66.7 Å². The van der Waals surface area contributed by atoms with Crippen LogP contribution in [0, 0.1) is 17.8 Å². The Bertz CT molecular complexity index is 1840. The van der Waals surface area contributed by atoms with Gasteiger partial charge < -0.3 is 30.3 Å². The molecule has 9 rings (SSSR count). The van der Waals surface area contributed by atoms with Crippen molar-refractivity contribution in [2.45, 2.75) is 87.0 Å². The fraction of sp³-hybridized carbons (Fsp3) is 0.395. The van der Waals surface area contributed by atoms with Gasteiger partial charge in [0, 0.05) is 34.7 Å². The molecular weight excluding hydrogens is 673 g/mol. The molecule has 0 radical (unpaired) electrons. The zero-order valence-electron chi connectivity index (χ0n) is 29.2. The number of aliphatic hydroxyl groups excluding tert-OH is 1. The normalized spacial score (nSPS) is 27.6. The minimum Gasteiger partial charge on any atom is -0.478 e. The van der Waals surface area contributed by atoms with Crippen LogP contribution in [0.3, 0.4) is 0 Å². The molecule has 1 saturated heterocycles. The van der Waals surface area contributed by atoms with Crippen molar-refractivity contribution in [2.24, 2.45) is 17.8 Å². The maximum Gasteiger partial charge on any atom is 0.335 e. The first-order valence-corrected chi connectivity index (χ1v) is 19.5. The van der Waals surface area contributed by atoms with Gasteiger partial charge in [-0.15, -0.1) is 11.8 Å². The Morgan fingerprint density at radius 2 is 1.42 bits per heavy atom. The Balaban J connectivity index is 0.919. The van der Waals surface area contributed by atoms with Crippen molar-refractivity contribution in [2.75, 3.05) is 5.75 Å². The number of ether oxygens (including phenoxy) is 2. The number of benzene rings is 4. The van der Waals surface area contributed by atoms with Crippen molar-refractivity contribution in [3.63, 3.8) is 0 Å². The first-order chi connectivity index (χ1) is 25.3. The summed E-state index contributed by atoms with van der Waals surface area (Å²) in [4.78, 5) is 25.3. The number of nitrogens with one attached hydrogen (secondary N) is 2. The quantitative estimate of drug-likeness (QED) is 0.115. The fourth-order valence-corrected chi connectivity index (χ4v) is 10.3. The van der Waals surface area contributed by atoms with Crippen LogP contribution in [-0.2, 0) is 22.6 Å². The summed E-state index contributed by atoms with van der Waals surface area (Å²) < 4.78 is 13.1. The van der Waals surface area contributed by atoms with Crippen molar-refractivity contribution in [3.05, 3.63) is 125 Å². The van der Waals surface area contributed by atoms with E-state index in [-0.39, 0.29) is 35.9 Å². The van der Waals surface area contributed by atoms with E-state index in [1.54, 1.807) is 23.9 Å².